The molecule has 0 saturated carbocycles. The Hall–Kier alpha value is -2.21. The van der Waals surface area contributed by atoms with E-state index in [0.717, 1.165) is 0 Å². The third-order valence-electron chi connectivity index (χ3n) is 3.15. The summed E-state index contributed by atoms with van der Waals surface area (Å²) in [5.41, 5.74) is 0.409. The van der Waals surface area contributed by atoms with Gasteiger partial charge in [0.1, 0.15) is 5.57 Å². The van der Waals surface area contributed by atoms with E-state index in [2.05, 4.69) is 0 Å². The van der Waals surface area contributed by atoms with E-state index in [1.54, 1.807) is 18.2 Å². The second-order valence-electron chi connectivity index (χ2n) is 5.54. The minimum atomic E-state index is -1.26. The van der Waals surface area contributed by atoms with Gasteiger partial charge in [-0.05, 0) is 30.2 Å². The molecule has 1 aliphatic heterocycles. The van der Waals surface area contributed by atoms with Crippen LogP contribution in [-0.2, 0) is 19.1 Å². The van der Waals surface area contributed by atoms with Crippen LogP contribution < -0.4 is 9.47 Å². The Balaban J connectivity index is 2.27. The third kappa shape index (κ3) is 4.41. The van der Waals surface area contributed by atoms with E-state index in [9.17, 15) is 9.59 Å². The van der Waals surface area contributed by atoms with Gasteiger partial charge in [-0.15, -0.1) is 11.6 Å². The lowest BCUT2D eigenvalue weighted by Crippen LogP contribution is -2.41. The first-order valence-electron chi connectivity index (χ1n) is 7.41. The van der Waals surface area contributed by atoms with Crippen molar-refractivity contribution in [3.05, 3.63) is 29.3 Å². The van der Waals surface area contributed by atoms with E-state index >= 15 is 0 Å². The van der Waals surface area contributed by atoms with Crippen LogP contribution in [0.5, 0.6) is 11.5 Å². The van der Waals surface area contributed by atoms with Gasteiger partial charge in [0.2, 0.25) is 0 Å². The average Bonchev–Trinajstić information content (AvgIpc) is 2.50. The summed E-state index contributed by atoms with van der Waals surface area (Å²) in [4.78, 5) is 24.0. The van der Waals surface area contributed by atoms with Crippen LogP contribution in [0, 0.1) is 0 Å². The lowest BCUT2D eigenvalue weighted by Gasteiger charge is -2.29. The van der Waals surface area contributed by atoms with E-state index in [0.29, 0.717) is 36.0 Å². The van der Waals surface area contributed by atoms with E-state index in [1.807, 2.05) is 0 Å². The van der Waals surface area contributed by atoms with Crippen LogP contribution in [0.15, 0.2) is 23.8 Å². The monoisotopic (exact) mass is 354 g/mol. The zero-order valence-corrected chi connectivity index (χ0v) is 14.5. The summed E-state index contributed by atoms with van der Waals surface area (Å²) in [6, 6.07) is 5.05. The van der Waals surface area contributed by atoms with E-state index in [1.165, 1.54) is 27.0 Å². The maximum absolute atomic E-state index is 12.0. The van der Waals surface area contributed by atoms with Gasteiger partial charge in [0.15, 0.2) is 11.5 Å². The molecule has 0 bridgehead atoms. The largest absolute Gasteiger partial charge is 0.493 e. The molecule has 2 rings (SSSR count). The molecule has 0 N–H and O–H groups in total. The molecule has 6 nitrogen and oxygen atoms in total. The predicted octanol–water partition coefficient (Wildman–Crippen LogP) is 2.92. The van der Waals surface area contributed by atoms with Crippen molar-refractivity contribution in [3.8, 4) is 11.5 Å². The number of carbonyl (C=O) groups excluding carboxylic acids is 2. The zero-order valence-electron chi connectivity index (χ0n) is 13.8. The fraction of sp³-hybridized carbons (Fsp3) is 0.412. The van der Waals surface area contributed by atoms with Gasteiger partial charge < -0.3 is 18.9 Å². The molecule has 0 spiro atoms. The number of rotatable bonds is 6. The molecule has 0 radical (unpaired) electrons. The number of hydrogen-bond donors (Lipinski definition) is 0. The summed E-state index contributed by atoms with van der Waals surface area (Å²) in [6.07, 6.45) is 2.08. The number of alkyl halides is 1. The van der Waals surface area contributed by atoms with Crippen LogP contribution in [-0.4, -0.2) is 37.3 Å². The van der Waals surface area contributed by atoms with Crippen LogP contribution in [0.2, 0.25) is 0 Å². The van der Waals surface area contributed by atoms with Crippen molar-refractivity contribution < 1.29 is 28.5 Å². The second kappa shape index (κ2) is 7.57. The Kier molecular flexibility index (Phi) is 5.72. The van der Waals surface area contributed by atoms with Gasteiger partial charge in [-0.25, -0.2) is 9.59 Å². The van der Waals surface area contributed by atoms with Crippen molar-refractivity contribution >= 4 is 29.6 Å². The van der Waals surface area contributed by atoms with Gasteiger partial charge in [-0.1, -0.05) is 6.07 Å². The smallest absolute Gasteiger partial charge is 0.348 e. The second-order valence-corrected chi connectivity index (χ2v) is 5.92. The highest BCUT2D eigenvalue weighted by Gasteiger charge is 2.38. The Bertz CT molecular complexity index is 643. The van der Waals surface area contributed by atoms with Crippen LogP contribution in [0.1, 0.15) is 25.8 Å². The molecule has 0 unspecified atom stereocenters. The molecule has 1 aromatic rings. The number of esters is 2. The van der Waals surface area contributed by atoms with Crippen LogP contribution in [0.3, 0.4) is 0 Å². The lowest BCUT2D eigenvalue weighted by molar-refractivity contribution is -0.222. The fourth-order valence-corrected chi connectivity index (χ4v) is 2.19. The number of halogens is 1. The Morgan fingerprint density at radius 2 is 1.83 bits per heavy atom. The molecule has 24 heavy (non-hydrogen) atoms. The van der Waals surface area contributed by atoms with E-state index < -0.39 is 17.7 Å². The number of benzene rings is 1. The standard InChI is InChI=1S/C17H19ClO6/c1-17(2)23-15(19)12(16(20)24-17)9-11-5-6-13(21-3)14(10-11)22-8-4-7-18/h5-6,9-10H,4,7-8H2,1-3H3. The number of ether oxygens (including phenoxy) is 4. The first-order chi connectivity index (χ1) is 11.4. The van der Waals surface area contributed by atoms with E-state index in [-0.39, 0.29) is 5.57 Å². The first-order valence-corrected chi connectivity index (χ1v) is 7.95. The minimum Gasteiger partial charge on any atom is -0.493 e. The number of cyclic esters (lactones) is 2. The van der Waals surface area contributed by atoms with Crippen LogP contribution in [0.25, 0.3) is 6.08 Å². The average molecular weight is 355 g/mol. The summed E-state index contributed by atoms with van der Waals surface area (Å²) in [6.45, 7) is 3.42. The molecular weight excluding hydrogens is 336 g/mol. The molecular formula is C17H19ClO6. The molecule has 1 aromatic carbocycles. The van der Waals surface area contributed by atoms with Crippen molar-refractivity contribution in [2.24, 2.45) is 0 Å². The molecule has 7 heteroatoms. The summed E-state index contributed by atoms with van der Waals surface area (Å²) in [5.74, 6) is -1.19. The number of carbonyl (C=O) groups is 2. The quantitative estimate of drug-likeness (QED) is 0.257. The Morgan fingerprint density at radius 3 is 2.42 bits per heavy atom. The van der Waals surface area contributed by atoms with Gasteiger partial charge in [0, 0.05) is 19.7 Å². The molecule has 1 aliphatic rings. The summed E-state index contributed by atoms with van der Waals surface area (Å²) in [5, 5.41) is 0. The molecule has 1 fully saturated rings. The van der Waals surface area contributed by atoms with Gasteiger partial charge >= 0.3 is 11.9 Å². The fourth-order valence-electron chi connectivity index (χ4n) is 2.08. The highest BCUT2D eigenvalue weighted by atomic mass is 35.5. The molecule has 0 aromatic heterocycles. The summed E-state index contributed by atoms with van der Waals surface area (Å²) in [7, 11) is 1.53. The molecule has 1 heterocycles. The molecule has 0 atom stereocenters. The van der Waals surface area contributed by atoms with Crippen molar-refractivity contribution in [3.63, 3.8) is 0 Å². The van der Waals surface area contributed by atoms with Gasteiger partial charge in [0.05, 0.1) is 13.7 Å². The highest BCUT2D eigenvalue weighted by Crippen LogP contribution is 2.30. The minimum absolute atomic E-state index is 0.175. The maximum Gasteiger partial charge on any atom is 0.348 e. The predicted molar refractivity (Wildman–Crippen MR) is 88.1 cm³/mol. The van der Waals surface area contributed by atoms with Crippen molar-refractivity contribution in [2.45, 2.75) is 26.1 Å². The molecule has 130 valence electrons. The molecule has 0 aliphatic carbocycles. The van der Waals surface area contributed by atoms with E-state index in [4.69, 9.17) is 30.5 Å². The van der Waals surface area contributed by atoms with Crippen LogP contribution >= 0.6 is 11.6 Å². The maximum atomic E-state index is 12.0. The van der Waals surface area contributed by atoms with Gasteiger partial charge in [0.25, 0.3) is 5.79 Å². The molecule has 0 amide bonds. The molecule has 1 saturated heterocycles. The van der Waals surface area contributed by atoms with Gasteiger partial charge in [-0.2, -0.15) is 0 Å². The first kappa shape index (κ1) is 18.1. The number of hydrogen-bond acceptors (Lipinski definition) is 6. The zero-order chi connectivity index (χ0) is 17.7. The normalized spacial score (nSPS) is 16.2. The van der Waals surface area contributed by atoms with Crippen molar-refractivity contribution in [1.82, 2.24) is 0 Å². The third-order valence-corrected chi connectivity index (χ3v) is 3.42. The van der Waals surface area contributed by atoms with Crippen molar-refractivity contribution in [2.75, 3.05) is 19.6 Å². The van der Waals surface area contributed by atoms with Crippen molar-refractivity contribution in [1.29, 1.82) is 0 Å². The topological polar surface area (TPSA) is 71.1 Å². The number of methoxy groups -OCH3 is 1. The summed E-state index contributed by atoms with van der Waals surface area (Å²) >= 11 is 5.63. The summed E-state index contributed by atoms with van der Waals surface area (Å²) < 4.78 is 21.0. The highest BCUT2D eigenvalue weighted by molar-refractivity contribution is 6.19. The van der Waals surface area contributed by atoms with Crippen LogP contribution in [0.4, 0.5) is 0 Å². The Morgan fingerprint density at radius 1 is 1.17 bits per heavy atom. The SMILES string of the molecule is COc1ccc(C=C2C(=O)OC(C)(C)OC2=O)cc1OCCCCl. The lowest BCUT2D eigenvalue weighted by atomic mass is 10.1. The van der Waals surface area contributed by atoms with Gasteiger partial charge in [-0.3, -0.25) is 0 Å². The Labute approximate surface area is 145 Å².